The molecular formula is C14H15F3N2O5S. The number of sulfonamides is 1. The predicted octanol–water partition coefficient (Wildman–Crippen LogP) is 0.510. The van der Waals surface area contributed by atoms with Crippen LogP contribution in [0, 0.1) is 0 Å². The van der Waals surface area contributed by atoms with E-state index in [-0.39, 0.29) is 25.3 Å². The third-order valence-electron chi connectivity index (χ3n) is 3.30. The largest absolute Gasteiger partial charge is 0.416 e. The molecule has 2 amide bonds. The Kier molecular flexibility index (Phi) is 5.68. The Hall–Kier alpha value is -2.14. The molecule has 0 radical (unpaired) electrons. The number of nitrogens with zero attached hydrogens (tertiary/aromatic N) is 1. The Bertz CT molecular complexity index is 764. The third kappa shape index (κ3) is 5.71. The summed E-state index contributed by atoms with van der Waals surface area (Å²) in [7, 11) is -4.20. The molecule has 1 N–H and O–H groups in total. The molecule has 1 aliphatic heterocycles. The van der Waals surface area contributed by atoms with Gasteiger partial charge in [-0.3, -0.25) is 14.3 Å². The van der Waals surface area contributed by atoms with Gasteiger partial charge in [0.25, 0.3) is 5.91 Å². The normalized spacial score (nSPS) is 16.0. The van der Waals surface area contributed by atoms with Gasteiger partial charge in [-0.1, -0.05) is 18.2 Å². The Morgan fingerprint density at radius 3 is 2.68 bits per heavy atom. The van der Waals surface area contributed by atoms with Crippen molar-refractivity contribution in [2.45, 2.75) is 11.9 Å². The van der Waals surface area contributed by atoms with E-state index >= 15 is 0 Å². The van der Waals surface area contributed by atoms with E-state index in [1.807, 2.05) is 0 Å². The Morgan fingerprint density at radius 2 is 2.04 bits per heavy atom. The number of ether oxygens (including phenoxy) is 1. The minimum atomic E-state index is -4.60. The van der Waals surface area contributed by atoms with E-state index < -0.39 is 45.9 Å². The zero-order valence-corrected chi connectivity index (χ0v) is 13.7. The quantitative estimate of drug-likeness (QED) is 0.804. The van der Waals surface area contributed by atoms with Crippen LogP contribution < -0.4 is 4.72 Å². The summed E-state index contributed by atoms with van der Waals surface area (Å²) < 4.78 is 68.5. The van der Waals surface area contributed by atoms with Gasteiger partial charge in [0.05, 0.1) is 17.9 Å². The van der Waals surface area contributed by atoms with E-state index in [0.717, 1.165) is 17.0 Å². The van der Waals surface area contributed by atoms with Crippen LogP contribution in [-0.2, 0) is 36.3 Å². The highest BCUT2D eigenvalue weighted by Gasteiger charge is 2.31. The number of carbonyl (C=O) groups is 2. The molecule has 25 heavy (non-hydrogen) atoms. The van der Waals surface area contributed by atoms with E-state index in [0.29, 0.717) is 6.07 Å². The van der Waals surface area contributed by atoms with Crippen molar-refractivity contribution in [2.24, 2.45) is 0 Å². The molecule has 0 aliphatic carbocycles. The zero-order valence-electron chi connectivity index (χ0n) is 12.9. The first-order valence-corrected chi connectivity index (χ1v) is 8.77. The highest BCUT2D eigenvalue weighted by molar-refractivity contribution is 7.89. The minimum Gasteiger partial charge on any atom is -0.370 e. The summed E-state index contributed by atoms with van der Waals surface area (Å²) in [6.45, 7) is -0.274. The number of halogens is 3. The summed E-state index contributed by atoms with van der Waals surface area (Å²) in [5.41, 5.74) is -1.09. The van der Waals surface area contributed by atoms with Crippen molar-refractivity contribution in [3.05, 3.63) is 35.4 Å². The molecule has 1 fully saturated rings. The lowest BCUT2D eigenvalue weighted by molar-refractivity contribution is -0.145. The number of morpholine rings is 1. The van der Waals surface area contributed by atoms with Crippen molar-refractivity contribution < 1.29 is 35.9 Å². The number of nitrogens with one attached hydrogen (secondary N) is 1. The lowest BCUT2D eigenvalue weighted by Gasteiger charge is -2.25. The average molecular weight is 380 g/mol. The van der Waals surface area contributed by atoms with Crippen LogP contribution in [0.1, 0.15) is 11.1 Å². The van der Waals surface area contributed by atoms with E-state index in [9.17, 15) is 31.2 Å². The third-order valence-corrected chi connectivity index (χ3v) is 4.55. The SMILES string of the molecule is O=C(CN1CCOCC1=O)NS(=O)(=O)Cc1cccc(C(F)(F)F)c1. The lowest BCUT2D eigenvalue weighted by atomic mass is 10.1. The second-order valence-electron chi connectivity index (χ2n) is 5.35. The van der Waals surface area contributed by atoms with Crippen molar-refractivity contribution in [3.63, 3.8) is 0 Å². The van der Waals surface area contributed by atoms with E-state index in [1.54, 1.807) is 4.72 Å². The first-order chi connectivity index (χ1) is 11.6. The van der Waals surface area contributed by atoms with Gasteiger partial charge in [0.15, 0.2) is 0 Å². The van der Waals surface area contributed by atoms with Crippen LogP contribution in [-0.4, -0.2) is 51.4 Å². The number of amides is 2. The predicted molar refractivity (Wildman–Crippen MR) is 79.6 cm³/mol. The lowest BCUT2D eigenvalue weighted by Crippen LogP contribution is -2.47. The fraction of sp³-hybridized carbons (Fsp3) is 0.429. The van der Waals surface area contributed by atoms with E-state index in [2.05, 4.69) is 0 Å². The topological polar surface area (TPSA) is 92.8 Å². The summed E-state index contributed by atoms with van der Waals surface area (Å²) in [5.74, 6) is -2.18. The first kappa shape index (κ1) is 19.2. The molecular weight excluding hydrogens is 365 g/mol. The van der Waals surface area contributed by atoms with Crippen molar-refractivity contribution in [1.29, 1.82) is 0 Å². The molecule has 0 saturated carbocycles. The molecule has 1 aromatic carbocycles. The molecule has 0 atom stereocenters. The monoisotopic (exact) mass is 380 g/mol. The molecule has 11 heteroatoms. The van der Waals surface area contributed by atoms with E-state index in [4.69, 9.17) is 4.74 Å². The Balaban J connectivity index is 1.99. The fourth-order valence-electron chi connectivity index (χ4n) is 2.19. The van der Waals surface area contributed by atoms with Gasteiger partial charge in [-0.25, -0.2) is 8.42 Å². The highest BCUT2D eigenvalue weighted by atomic mass is 32.2. The average Bonchev–Trinajstić information content (AvgIpc) is 2.48. The van der Waals surface area contributed by atoms with Crippen molar-refractivity contribution in [3.8, 4) is 0 Å². The van der Waals surface area contributed by atoms with Gasteiger partial charge in [0.2, 0.25) is 15.9 Å². The van der Waals surface area contributed by atoms with Gasteiger partial charge >= 0.3 is 6.18 Å². The van der Waals surface area contributed by atoms with Gasteiger partial charge in [0, 0.05) is 6.54 Å². The van der Waals surface area contributed by atoms with Gasteiger partial charge in [-0.05, 0) is 11.6 Å². The fourth-order valence-corrected chi connectivity index (χ4v) is 3.29. The van der Waals surface area contributed by atoms with Gasteiger partial charge in [-0.15, -0.1) is 0 Å². The number of carbonyl (C=O) groups excluding carboxylic acids is 2. The Labute approximate surface area is 141 Å². The molecule has 138 valence electrons. The Morgan fingerprint density at radius 1 is 1.32 bits per heavy atom. The van der Waals surface area contributed by atoms with Gasteiger partial charge in [0.1, 0.15) is 13.2 Å². The van der Waals surface area contributed by atoms with Crippen LogP contribution in [0.3, 0.4) is 0 Å². The molecule has 2 rings (SSSR count). The molecule has 1 heterocycles. The maximum atomic E-state index is 12.6. The maximum absolute atomic E-state index is 12.6. The van der Waals surface area contributed by atoms with Crippen LogP contribution in [0.5, 0.6) is 0 Å². The van der Waals surface area contributed by atoms with Crippen LogP contribution in [0.4, 0.5) is 13.2 Å². The smallest absolute Gasteiger partial charge is 0.370 e. The molecule has 0 unspecified atom stereocenters. The molecule has 1 aliphatic rings. The molecule has 7 nitrogen and oxygen atoms in total. The van der Waals surface area contributed by atoms with Crippen LogP contribution in [0.25, 0.3) is 0 Å². The van der Waals surface area contributed by atoms with Crippen LogP contribution in [0.15, 0.2) is 24.3 Å². The minimum absolute atomic E-state index is 0.113. The number of rotatable bonds is 5. The van der Waals surface area contributed by atoms with Crippen molar-refractivity contribution >= 4 is 21.8 Å². The summed E-state index contributed by atoms with van der Waals surface area (Å²) in [4.78, 5) is 24.4. The first-order valence-electron chi connectivity index (χ1n) is 7.12. The molecule has 0 aromatic heterocycles. The van der Waals surface area contributed by atoms with Gasteiger partial charge in [-0.2, -0.15) is 13.2 Å². The number of hydrogen-bond donors (Lipinski definition) is 1. The molecule has 1 saturated heterocycles. The summed E-state index contributed by atoms with van der Waals surface area (Å²) in [6.07, 6.45) is -4.60. The highest BCUT2D eigenvalue weighted by Crippen LogP contribution is 2.29. The summed E-state index contributed by atoms with van der Waals surface area (Å²) in [6, 6.07) is 3.82. The van der Waals surface area contributed by atoms with Crippen LogP contribution >= 0.6 is 0 Å². The molecule has 0 spiro atoms. The zero-order chi connectivity index (χ0) is 18.7. The summed E-state index contributed by atoms with van der Waals surface area (Å²) in [5, 5.41) is 0. The number of hydrogen-bond acceptors (Lipinski definition) is 5. The number of alkyl halides is 3. The summed E-state index contributed by atoms with van der Waals surface area (Å²) >= 11 is 0. The van der Waals surface area contributed by atoms with Gasteiger partial charge < -0.3 is 9.64 Å². The number of benzene rings is 1. The standard InChI is InChI=1S/C14H15F3N2O5S/c15-14(16,17)11-3-1-2-10(6-11)9-25(22,23)18-12(20)7-19-4-5-24-8-13(19)21/h1-3,6H,4-5,7-9H2,(H,18,20). The van der Waals surface area contributed by atoms with Crippen LogP contribution in [0.2, 0.25) is 0 Å². The van der Waals surface area contributed by atoms with Crippen molar-refractivity contribution in [2.75, 3.05) is 26.3 Å². The second kappa shape index (κ2) is 7.40. The second-order valence-corrected chi connectivity index (χ2v) is 7.07. The molecule has 1 aromatic rings. The molecule has 0 bridgehead atoms. The maximum Gasteiger partial charge on any atom is 0.416 e. The van der Waals surface area contributed by atoms with Crippen molar-refractivity contribution in [1.82, 2.24) is 9.62 Å². The van der Waals surface area contributed by atoms with E-state index in [1.165, 1.54) is 6.07 Å².